The molecule has 3 rings (SSSR count). The third-order valence-corrected chi connectivity index (χ3v) is 3.59. The van der Waals surface area contributed by atoms with Gasteiger partial charge in [0.1, 0.15) is 0 Å². The molecule has 1 aliphatic heterocycles. The van der Waals surface area contributed by atoms with Crippen molar-refractivity contribution in [2.24, 2.45) is 11.8 Å². The van der Waals surface area contributed by atoms with Gasteiger partial charge in [-0.05, 0) is 50.5 Å². The quantitative estimate of drug-likeness (QED) is 0.710. The van der Waals surface area contributed by atoms with Gasteiger partial charge < -0.3 is 10.1 Å². The van der Waals surface area contributed by atoms with Crippen molar-refractivity contribution in [1.29, 1.82) is 0 Å². The minimum atomic E-state index is 0.568. The van der Waals surface area contributed by atoms with Gasteiger partial charge in [0, 0.05) is 12.6 Å². The summed E-state index contributed by atoms with van der Waals surface area (Å²) in [5, 5.41) is 3.69. The maximum Gasteiger partial charge on any atom is 0.0756 e. The Hall–Kier alpha value is -0.0800. The van der Waals surface area contributed by atoms with Crippen LogP contribution in [0.1, 0.15) is 32.1 Å². The van der Waals surface area contributed by atoms with E-state index in [2.05, 4.69) is 5.32 Å². The van der Waals surface area contributed by atoms with Gasteiger partial charge in [0.25, 0.3) is 0 Å². The molecule has 3 aliphatic rings. The van der Waals surface area contributed by atoms with Crippen LogP contribution >= 0.6 is 0 Å². The fourth-order valence-corrected chi connectivity index (χ4v) is 2.36. The van der Waals surface area contributed by atoms with Gasteiger partial charge in [-0.3, -0.25) is 0 Å². The van der Waals surface area contributed by atoms with E-state index in [0.717, 1.165) is 18.4 Å². The van der Waals surface area contributed by atoms with Gasteiger partial charge in [0.15, 0.2) is 0 Å². The summed E-state index contributed by atoms with van der Waals surface area (Å²) in [6.07, 6.45) is 7.54. The molecule has 2 heteroatoms. The second kappa shape index (κ2) is 3.25. The summed E-state index contributed by atoms with van der Waals surface area (Å²) in [5.74, 6) is 1.90. The van der Waals surface area contributed by atoms with E-state index in [1.807, 2.05) is 0 Å². The zero-order valence-electron chi connectivity index (χ0n) is 8.17. The average Bonchev–Trinajstić information content (AvgIpc) is 3.03. The summed E-state index contributed by atoms with van der Waals surface area (Å²) < 4.78 is 5.78. The molecule has 3 fully saturated rings. The highest BCUT2D eigenvalue weighted by Crippen LogP contribution is 2.39. The normalized spacial score (nSPS) is 39.7. The van der Waals surface area contributed by atoms with Crippen LogP contribution in [0.5, 0.6) is 0 Å². The number of ether oxygens (including phenoxy) is 1. The minimum absolute atomic E-state index is 0.568. The molecular formula is C11H19NO. The molecule has 0 aromatic rings. The van der Waals surface area contributed by atoms with E-state index in [1.165, 1.54) is 38.6 Å². The Morgan fingerprint density at radius 1 is 1.08 bits per heavy atom. The molecular weight excluding hydrogens is 162 g/mol. The predicted molar refractivity (Wildman–Crippen MR) is 51.6 cm³/mol. The summed E-state index contributed by atoms with van der Waals surface area (Å²) in [7, 11) is 0. The van der Waals surface area contributed by atoms with Gasteiger partial charge in [-0.15, -0.1) is 0 Å². The van der Waals surface area contributed by atoms with E-state index >= 15 is 0 Å². The molecule has 1 N–H and O–H groups in total. The highest BCUT2D eigenvalue weighted by molar-refractivity contribution is 4.94. The van der Waals surface area contributed by atoms with Gasteiger partial charge in [-0.2, -0.15) is 0 Å². The average molecular weight is 181 g/mol. The van der Waals surface area contributed by atoms with Gasteiger partial charge in [0.05, 0.1) is 6.10 Å². The molecule has 13 heavy (non-hydrogen) atoms. The fraction of sp³-hybridized carbons (Fsp3) is 1.00. The van der Waals surface area contributed by atoms with Crippen molar-refractivity contribution in [1.82, 2.24) is 5.32 Å². The highest BCUT2D eigenvalue weighted by atomic mass is 16.5. The smallest absolute Gasteiger partial charge is 0.0756 e. The first-order chi connectivity index (χ1) is 6.43. The largest absolute Gasteiger partial charge is 0.376 e. The van der Waals surface area contributed by atoms with Crippen LogP contribution in [0.2, 0.25) is 0 Å². The minimum Gasteiger partial charge on any atom is -0.376 e. The third-order valence-electron chi connectivity index (χ3n) is 3.59. The molecule has 0 bridgehead atoms. The van der Waals surface area contributed by atoms with Crippen LogP contribution in [0.4, 0.5) is 0 Å². The van der Waals surface area contributed by atoms with E-state index in [-0.39, 0.29) is 0 Å². The zero-order chi connectivity index (χ0) is 8.67. The number of rotatable bonds is 4. The van der Waals surface area contributed by atoms with E-state index in [9.17, 15) is 0 Å². The van der Waals surface area contributed by atoms with Crippen molar-refractivity contribution < 1.29 is 4.74 Å². The lowest BCUT2D eigenvalue weighted by atomic mass is 10.1. The lowest BCUT2D eigenvalue weighted by Gasteiger charge is -2.19. The summed E-state index contributed by atoms with van der Waals surface area (Å²) in [6, 6.07) is 0.688. The standard InChI is InChI=1S/C11H19NO/c1-2-8(1)7-12-10-5-6-13-11(10)9-3-4-9/h8-12H,1-7H2. The van der Waals surface area contributed by atoms with Gasteiger partial charge in [-0.25, -0.2) is 0 Å². The first-order valence-electron chi connectivity index (χ1n) is 5.78. The molecule has 2 saturated carbocycles. The second-order valence-electron chi connectivity index (χ2n) is 4.92. The van der Waals surface area contributed by atoms with Crippen molar-refractivity contribution in [3.05, 3.63) is 0 Å². The van der Waals surface area contributed by atoms with Crippen LogP contribution in [0.3, 0.4) is 0 Å². The monoisotopic (exact) mass is 181 g/mol. The van der Waals surface area contributed by atoms with E-state index in [1.54, 1.807) is 0 Å². The predicted octanol–water partition coefficient (Wildman–Crippen LogP) is 1.55. The molecule has 0 amide bonds. The molecule has 1 saturated heterocycles. The lowest BCUT2D eigenvalue weighted by Crippen LogP contribution is -2.38. The Bertz CT molecular complexity index is 187. The van der Waals surface area contributed by atoms with Crippen LogP contribution in [0.25, 0.3) is 0 Å². The maximum absolute atomic E-state index is 5.78. The molecule has 74 valence electrons. The molecule has 0 aromatic heterocycles. The number of hydrogen-bond acceptors (Lipinski definition) is 2. The molecule has 1 heterocycles. The molecule has 0 spiro atoms. The molecule has 2 aliphatic carbocycles. The van der Waals surface area contributed by atoms with E-state index < -0.39 is 0 Å². The first-order valence-corrected chi connectivity index (χ1v) is 5.78. The lowest BCUT2D eigenvalue weighted by molar-refractivity contribution is 0.0810. The molecule has 2 atom stereocenters. The zero-order valence-corrected chi connectivity index (χ0v) is 8.17. The van der Waals surface area contributed by atoms with Crippen molar-refractivity contribution in [2.45, 2.75) is 44.2 Å². The van der Waals surface area contributed by atoms with E-state index in [0.29, 0.717) is 12.1 Å². The first kappa shape index (κ1) is 8.25. The summed E-state index contributed by atoms with van der Waals surface area (Å²) >= 11 is 0. The van der Waals surface area contributed by atoms with Crippen LogP contribution in [0.15, 0.2) is 0 Å². The van der Waals surface area contributed by atoms with Crippen LogP contribution in [-0.4, -0.2) is 25.3 Å². The molecule has 2 nitrogen and oxygen atoms in total. The van der Waals surface area contributed by atoms with Gasteiger partial charge >= 0.3 is 0 Å². The third kappa shape index (κ3) is 1.89. The van der Waals surface area contributed by atoms with Gasteiger partial charge in [-0.1, -0.05) is 0 Å². The van der Waals surface area contributed by atoms with Gasteiger partial charge in [0.2, 0.25) is 0 Å². The van der Waals surface area contributed by atoms with Crippen LogP contribution in [-0.2, 0) is 4.74 Å². The highest BCUT2D eigenvalue weighted by Gasteiger charge is 2.40. The Morgan fingerprint density at radius 2 is 1.92 bits per heavy atom. The van der Waals surface area contributed by atoms with Crippen molar-refractivity contribution in [3.63, 3.8) is 0 Å². The van der Waals surface area contributed by atoms with Crippen molar-refractivity contribution in [3.8, 4) is 0 Å². The molecule has 0 radical (unpaired) electrons. The summed E-state index contributed by atoms with van der Waals surface area (Å²) in [6.45, 7) is 2.24. The Kier molecular flexibility index (Phi) is 2.06. The number of hydrogen-bond donors (Lipinski definition) is 1. The summed E-state index contributed by atoms with van der Waals surface area (Å²) in [5.41, 5.74) is 0. The number of nitrogens with one attached hydrogen (secondary N) is 1. The SMILES string of the molecule is C1CC(NCC2CC2)C(C2CC2)O1. The second-order valence-corrected chi connectivity index (χ2v) is 4.92. The Balaban J connectivity index is 1.49. The van der Waals surface area contributed by atoms with Crippen molar-refractivity contribution >= 4 is 0 Å². The maximum atomic E-state index is 5.78. The fourth-order valence-electron chi connectivity index (χ4n) is 2.36. The van der Waals surface area contributed by atoms with Crippen LogP contribution in [0, 0.1) is 11.8 Å². The Morgan fingerprint density at radius 3 is 2.62 bits per heavy atom. The van der Waals surface area contributed by atoms with Crippen molar-refractivity contribution in [2.75, 3.05) is 13.2 Å². The van der Waals surface area contributed by atoms with Crippen LogP contribution < -0.4 is 5.32 Å². The van der Waals surface area contributed by atoms with E-state index in [4.69, 9.17) is 4.74 Å². The molecule has 2 unspecified atom stereocenters. The Labute approximate surface area is 80.0 Å². The molecule has 0 aromatic carbocycles. The topological polar surface area (TPSA) is 21.3 Å². The summed E-state index contributed by atoms with van der Waals surface area (Å²) in [4.78, 5) is 0.